The molecule has 0 bridgehead atoms. The van der Waals surface area contributed by atoms with Gasteiger partial charge >= 0.3 is 5.97 Å². The van der Waals surface area contributed by atoms with E-state index in [1.807, 2.05) is 6.07 Å². The second kappa shape index (κ2) is 9.75. The van der Waals surface area contributed by atoms with Gasteiger partial charge in [0.25, 0.3) is 0 Å². The monoisotopic (exact) mass is 424 g/mol. The summed E-state index contributed by atoms with van der Waals surface area (Å²) in [6.45, 7) is 3.77. The zero-order valence-electron chi connectivity index (χ0n) is 17.8. The maximum absolute atomic E-state index is 12.1. The number of carbonyl (C=O) groups excluding carboxylic acids is 1. The lowest BCUT2D eigenvalue weighted by Crippen LogP contribution is -2.21. The molecule has 0 radical (unpaired) electrons. The normalized spacial score (nSPS) is 10.6. The quantitative estimate of drug-likeness (QED) is 0.544. The molecule has 0 saturated carbocycles. The SMILES string of the molecule is COc1cc(OC)nc(N(Cc2ccccc2O)c2ccc(C(=O)OC(C)C)cn2)n1. The number of phenolic OH excluding ortho intramolecular Hbond substituents is 1. The third-order valence-corrected chi connectivity index (χ3v) is 4.25. The van der Waals surface area contributed by atoms with Crippen molar-refractivity contribution >= 4 is 17.7 Å². The Kier molecular flexibility index (Phi) is 6.86. The molecule has 0 saturated heterocycles. The molecule has 0 aliphatic rings. The van der Waals surface area contributed by atoms with Crippen molar-refractivity contribution in [2.24, 2.45) is 0 Å². The highest BCUT2D eigenvalue weighted by Gasteiger charge is 2.20. The van der Waals surface area contributed by atoms with Crippen LogP contribution in [0.5, 0.6) is 17.5 Å². The number of benzene rings is 1. The summed E-state index contributed by atoms with van der Waals surface area (Å²) in [5.41, 5.74) is 0.960. The molecule has 0 amide bonds. The summed E-state index contributed by atoms with van der Waals surface area (Å²) in [5.74, 6) is 0.992. The van der Waals surface area contributed by atoms with E-state index < -0.39 is 5.97 Å². The van der Waals surface area contributed by atoms with Crippen LogP contribution < -0.4 is 14.4 Å². The summed E-state index contributed by atoms with van der Waals surface area (Å²) in [6.07, 6.45) is 1.19. The molecular formula is C22H24N4O5. The number of aromatic nitrogens is 3. The van der Waals surface area contributed by atoms with Gasteiger partial charge in [-0.05, 0) is 32.0 Å². The molecule has 3 rings (SSSR count). The largest absolute Gasteiger partial charge is 0.508 e. The number of ether oxygens (including phenoxy) is 3. The predicted octanol–water partition coefficient (Wildman–Crippen LogP) is 3.50. The van der Waals surface area contributed by atoms with E-state index in [1.54, 1.807) is 55.1 Å². The number of carbonyl (C=O) groups is 1. The first-order valence-corrected chi connectivity index (χ1v) is 9.59. The second-order valence-electron chi connectivity index (χ2n) is 6.83. The van der Waals surface area contributed by atoms with Gasteiger partial charge in [0.2, 0.25) is 17.7 Å². The van der Waals surface area contributed by atoms with Crippen molar-refractivity contribution in [1.29, 1.82) is 0 Å². The number of para-hydroxylation sites is 1. The van der Waals surface area contributed by atoms with Crippen LogP contribution in [-0.4, -0.2) is 46.4 Å². The van der Waals surface area contributed by atoms with Crippen molar-refractivity contribution in [2.75, 3.05) is 19.1 Å². The fourth-order valence-corrected chi connectivity index (χ4v) is 2.74. The number of esters is 1. The van der Waals surface area contributed by atoms with E-state index in [-0.39, 0.29) is 24.3 Å². The van der Waals surface area contributed by atoms with E-state index in [0.29, 0.717) is 28.7 Å². The molecule has 3 aromatic rings. The summed E-state index contributed by atoms with van der Waals surface area (Å²) in [6, 6.07) is 11.8. The number of nitrogens with zero attached hydrogens (tertiary/aromatic N) is 4. The van der Waals surface area contributed by atoms with Crippen molar-refractivity contribution < 1.29 is 24.1 Å². The zero-order chi connectivity index (χ0) is 22.4. The first-order valence-electron chi connectivity index (χ1n) is 9.59. The number of phenols is 1. The lowest BCUT2D eigenvalue weighted by molar-refractivity contribution is 0.0377. The predicted molar refractivity (Wildman–Crippen MR) is 114 cm³/mol. The highest BCUT2D eigenvalue weighted by atomic mass is 16.5. The molecule has 9 nitrogen and oxygen atoms in total. The number of anilines is 2. The number of hydrogen-bond donors (Lipinski definition) is 1. The van der Waals surface area contributed by atoms with Crippen LogP contribution >= 0.6 is 0 Å². The van der Waals surface area contributed by atoms with Gasteiger partial charge in [-0.1, -0.05) is 18.2 Å². The third-order valence-electron chi connectivity index (χ3n) is 4.25. The molecule has 0 aliphatic carbocycles. The second-order valence-corrected chi connectivity index (χ2v) is 6.83. The molecule has 162 valence electrons. The van der Waals surface area contributed by atoms with Crippen LogP contribution in [0, 0.1) is 0 Å². The molecule has 2 aromatic heterocycles. The molecule has 9 heteroatoms. The van der Waals surface area contributed by atoms with Gasteiger partial charge in [0.05, 0.1) is 38.5 Å². The van der Waals surface area contributed by atoms with Gasteiger partial charge in [-0.2, -0.15) is 9.97 Å². The molecule has 1 aromatic carbocycles. The van der Waals surface area contributed by atoms with Crippen LogP contribution in [0.3, 0.4) is 0 Å². The maximum Gasteiger partial charge on any atom is 0.339 e. The van der Waals surface area contributed by atoms with Crippen LogP contribution in [0.25, 0.3) is 0 Å². The van der Waals surface area contributed by atoms with Gasteiger partial charge in [-0.15, -0.1) is 0 Å². The minimum Gasteiger partial charge on any atom is -0.508 e. The molecular weight excluding hydrogens is 400 g/mol. The van der Waals surface area contributed by atoms with Crippen molar-refractivity contribution in [3.63, 3.8) is 0 Å². The lowest BCUT2D eigenvalue weighted by Gasteiger charge is -2.23. The van der Waals surface area contributed by atoms with Crippen molar-refractivity contribution in [1.82, 2.24) is 15.0 Å². The Morgan fingerprint density at radius 3 is 2.29 bits per heavy atom. The Morgan fingerprint density at radius 2 is 1.74 bits per heavy atom. The average Bonchev–Trinajstić information content (AvgIpc) is 2.77. The fourth-order valence-electron chi connectivity index (χ4n) is 2.74. The summed E-state index contributed by atoms with van der Waals surface area (Å²) in [5, 5.41) is 10.3. The van der Waals surface area contributed by atoms with Gasteiger partial charge in [-0.3, -0.25) is 4.90 Å². The summed E-state index contributed by atoms with van der Waals surface area (Å²) in [4.78, 5) is 27.0. The number of rotatable bonds is 8. The van der Waals surface area contributed by atoms with Crippen molar-refractivity contribution in [3.8, 4) is 17.5 Å². The maximum atomic E-state index is 12.1. The minimum atomic E-state index is -0.458. The van der Waals surface area contributed by atoms with E-state index in [0.717, 1.165) is 0 Å². The standard InChI is InChI=1S/C22H24N4O5/c1-14(2)31-21(28)15-9-10-18(23-12-15)26(13-16-7-5-6-8-17(16)27)22-24-19(29-3)11-20(25-22)30-4/h5-12,14,27H,13H2,1-4H3. The number of methoxy groups -OCH3 is 2. The van der Waals surface area contributed by atoms with E-state index in [1.165, 1.54) is 20.4 Å². The lowest BCUT2D eigenvalue weighted by atomic mass is 10.2. The molecule has 0 unspecified atom stereocenters. The smallest absolute Gasteiger partial charge is 0.339 e. The summed E-state index contributed by atoms with van der Waals surface area (Å²) >= 11 is 0. The number of pyridine rings is 1. The van der Waals surface area contributed by atoms with Gasteiger partial charge < -0.3 is 19.3 Å². The van der Waals surface area contributed by atoms with Gasteiger partial charge in [-0.25, -0.2) is 9.78 Å². The third kappa shape index (κ3) is 5.39. The van der Waals surface area contributed by atoms with Crippen molar-refractivity contribution in [2.45, 2.75) is 26.5 Å². The van der Waals surface area contributed by atoms with E-state index in [9.17, 15) is 9.90 Å². The van der Waals surface area contributed by atoms with Gasteiger partial charge in [0.15, 0.2) is 0 Å². The topological polar surface area (TPSA) is 107 Å². The highest BCUT2D eigenvalue weighted by Crippen LogP contribution is 2.29. The van der Waals surface area contributed by atoms with Crippen LogP contribution in [0.1, 0.15) is 29.8 Å². The Labute approximate surface area is 180 Å². The zero-order valence-corrected chi connectivity index (χ0v) is 17.8. The number of hydrogen-bond acceptors (Lipinski definition) is 9. The summed E-state index contributed by atoms with van der Waals surface area (Å²) < 4.78 is 15.7. The van der Waals surface area contributed by atoms with Gasteiger partial charge in [0.1, 0.15) is 11.6 Å². The average molecular weight is 424 g/mol. The summed E-state index contributed by atoms with van der Waals surface area (Å²) in [7, 11) is 2.98. The minimum absolute atomic E-state index is 0.125. The Morgan fingerprint density at radius 1 is 1.06 bits per heavy atom. The molecule has 2 heterocycles. The van der Waals surface area contributed by atoms with Crippen LogP contribution in [0.2, 0.25) is 0 Å². The first-order chi connectivity index (χ1) is 14.9. The van der Waals surface area contributed by atoms with Crippen LogP contribution in [0.4, 0.5) is 11.8 Å². The molecule has 0 spiro atoms. The van der Waals surface area contributed by atoms with Crippen molar-refractivity contribution in [3.05, 3.63) is 59.8 Å². The van der Waals surface area contributed by atoms with Crippen LogP contribution in [-0.2, 0) is 11.3 Å². The Balaban J connectivity index is 2.02. The molecule has 31 heavy (non-hydrogen) atoms. The first kappa shape index (κ1) is 21.8. The Hall–Kier alpha value is -3.88. The van der Waals surface area contributed by atoms with E-state index in [4.69, 9.17) is 14.2 Å². The van der Waals surface area contributed by atoms with E-state index >= 15 is 0 Å². The Bertz CT molecular complexity index is 1020. The van der Waals surface area contributed by atoms with E-state index in [2.05, 4.69) is 15.0 Å². The number of aromatic hydroxyl groups is 1. The molecule has 0 fully saturated rings. The highest BCUT2D eigenvalue weighted by molar-refractivity contribution is 5.89. The molecule has 0 atom stereocenters. The fraction of sp³-hybridized carbons (Fsp3) is 0.273. The molecule has 0 aliphatic heterocycles. The van der Waals surface area contributed by atoms with Crippen LogP contribution in [0.15, 0.2) is 48.7 Å². The van der Waals surface area contributed by atoms with Gasteiger partial charge in [0, 0.05) is 11.8 Å². The molecule has 1 N–H and O–H groups in total.